The van der Waals surface area contributed by atoms with Gasteiger partial charge in [-0.3, -0.25) is 19.2 Å². The molecule has 3 aromatic rings. The number of nitrogens with two attached hydrogens (primary N) is 2. The Balaban J connectivity index is 0.00000142. The van der Waals surface area contributed by atoms with Crippen molar-refractivity contribution in [2.75, 3.05) is 39.3 Å². The molecular weight excluding hydrogens is 801 g/mol. The number of carbonyl (C=O) groups excluding carboxylic acids is 1. The number of aliphatic hydroxyl groups excluding tert-OH is 3. The van der Waals surface area contributed by atoms with Gasteiger partial charge in [0.05, 0.1) is 18.8 Å². The van der Waals surface area contributed by atoms with Gasteiger partial charge in [-0.25, -0.2) is 0 Å². The summed E-state index contributed by atoms with van der Waals surface area (Å²) >= 11 is 0. The normalized spacial score (nSPS) is 17.2. The lowest BCUT2D eigenvalue weighted by Crippen LogP contribution is -2.54. The molecule has 0 radical (unpaired) electrons. The van der Waals surface area contributed by atoms with Crippen LogP contribution in [0.1, 0.15) is 102 Å². The van der Waals surface area contributed by atoms with Crippen LogP contribution in [0.3, 0.4) is 0 Å². The SMILES string of the molecule is CC(=O)O.CC(=O)O.CC(=O)O.CCCCCCN(CCCN[C@@H](CCc1ccc(CCCCN)c2ccccc12)C(N)=O)C[C@H](O)[C@@H](O)[C@@H]1OC(c2ccccc2)OC[C@H]1O. The van der Waals surface area contributed by atoms with Crippen molar-refractivity contribution >= 4 is 34.6 Å². The van der Waals surface area contributed by atoms with Crippen LogP contribution in [0.4, 0.5) is 0 Å². The zero-order chi connectivity index (χ0) is 46.5. The van der Waals surface area contributed by atoms with Crippen LogP contribution in [0.2, 0.25) is 0 Å². The molecule has 1 aliphatic heterocycles. The first kappa shape index (κ1) is 55.5. The van der Waals surface area contributed by atoms with Crippen LogP contribution < -0.4 is 16.8 Å². The molecule has 62 heavy (non-hydrogen) atoms. The van der Waals surface area contributed by atoms with E-state index >= 15 is 0 Å². The van der Waals surface area contributed by atoms with Crippen LogP contribution in [-0.2, 0) is 41.5 Å². The lowest BCUT2D eigenvalue weighted by molar-refractivity contribution is -0.283. The number of aliphatic hydroxyl groups is 3. The standard InChI is InChI=1S/C40H60N4O6.3C2H4O2/c1-2-3-4-12-25-44(27-35(45)37(47)38-36(46)28-49-40(50-38)31-15-6-5-7-16-31)26-13-24-43-34(39(42)48)22-21-30-20-19-29(14-10-11-23-41)32-17-8-9-18-33(30)32;3*1-2(3)4/h5-9,15-20,34-38,40,43,45-47H,2-4,10-14,21-28,41H2,1H3,(H2,42,48);3*1H3,(H,3,4)/t34-,35-,36+,37+,38+,40?;;;/m0.../s1. The Morgan fingerprint density at radius 2 is 1.32 bits per heavy atom. The number of carboxylic acid groups (broad SMARTS) is 3. The number of unbranched alkanes of at least 4 members (excludes halogenated alkanes) is 4. The smallest absolute Gasteiger partial charge is 0.300 e. The molecule has 348 valence electrons. The Kier molecular flexibility index (Phi) is 28.8. The quantitative estimate of drug-likeness (QED) is 0.0603. The van der Waals surface area contributed by atoms with Gasteiger partial charge in [-0.2, -0.15) is 0 Å². The molecule has 4 rings (SSSR count). The minimum absolute atomic E-state index is 0.00178. The first-order chi connectivity index (χ1) is 29.5. The lowest BCUT2D eigenvalue weighted by Gasteiger charge is -2.38. The number of hydrogen-bond donors (Lipinski definition) is 9. The first-order valence-corrected chi connectivity index (χ1v) is 21.4. The second kappa shape index (κ2) is 32.2. The van der Waals surface area contributed by atoms with E-state index in [1.165, 1.54) is 21.9 Å². The third kappa shape index (κ3) is 23.6. The van der Waals surface area contributed by atoms with Crippen LogP contribution in [0.5, 0.6) is 0 Å². The summed E-state index contributed by atoms with van der Waals surface area (Å²) in [5.41, 5.74) is 14.9. The van der Waals surface area contributed by atoms with Gasteiger partial charge in [0.1, 0.15) is 18.3 Å². The zero-order valence-corrected chi connectivity index (χ0v) is 36.9. The molecule has 0 aromatic heterocycles. The van der Waals surface area contributed by atoms with Crippen molar-refractivity contribution in [2.45, 2.75) is 129 Å². The van der Waals surface area contributed by atoms with Gasteiger partial charge in [0.25, 0.3) is 17.9 Å². The van der Waals surface area contributed by atoms with E-state index in [9.17, 15) is 20.1 Å². The second-order valence-corrected chi connectivity index (χ2v) is 15.2. The molecule has 1 saturated heterocycles. The summed E-state index contributed by atoms with van der Waals surface area (Å²) in [7, 11) is 0. The van der Waals surface area contributed by atoms with Gasteiger partial charge in [0, 0.05) is 32.9 Å². The van der Waals surface area contributed by atoms with Gasteiger partial charge in [-0.1, -0.05) is 92.9 Å². The van der Waals surface area contributed by atoms with E-state index in [1.807, 2.05) is 30.3 Å². The Morgan fingerprint density at radius 3 is 1.87 bits per heavy atom. The largest absolute Gasteiger partial charge is 0.481 e. The number of amides is 1. The Bertz CT molecular complexity index is 1680. The summed E-state index contributed by atoms with van der Waals surface area (Å²) in [6, 6.07) is 21.7. The topological polar surface area (TPSA) is 275 Å². The third-order valence-electron chi connectivity index (χ3n) is 9.75. The predicted molar refractivity (Wildman–Crippen MR) is 238 cm³/mol. The number of fused-ring (bicyclic) bond motifs is 1. The van der Waals surface area contributed by atoms with E-state index in [1.54, 1.807) is 0 Å². The zero-order valence-electron chi connectivity index (χ0n) is 36.9. The fraction of sp³-hybridized carbons (Fsp3) is 0.565. The highest BCUT2D eigenvalue weighted by Gasteiger charge is 2.39. The lowest BCUT2D eigenvalue weighted by atomic mass is 9.93. The highest BCUT2D eigenvalue weighted by molar-refractivity contribution is 5.89. The molecule has 0 saturated carbocycles. The maximum Gasteiger partial charge on any atom is 0.300 e. The van der Waals surface area contributed by atoms with Crippen molar-refractivity contribution in [2.24, 2.45) is 11.5 Å². The van der Waals surface area contributed by atoms with Crippen LogP contribution in [0, 0.1) is 0 Å². The van der Waals surface area contributed by atoms with Gasteiger partial charge in [0.15, 0.2) is 6.29 Å². The fourth-order valence-electron chi connectivity index (χ4n) is 6.84. The molecule has 16 heteroatoms. The minimum atomic E-state index is -1.30. The summed E-state index contributed by atoms with van der Waals surface area (Å²) < 4.78 is 11.6. The van der Waals surface area contributed by atoms with E-state index < -0.39 is 54.7 Å². The molecule has 11 N–H and O–H groups in total. The van der Waals surface area contributed by atoms with E-state index in [-0.39, 0.29) is 19.1 Å². The van der Waals surface area contributed by atoms with Gasteiger partial charge in [-0.05, 0) is 93.0 Å². The number of rotatable bonds is 23. The van der Waals surface area contributed by atoms with Crippen molar-refractivity contribution in [3.63, 3.8) is 0 Å². The van der Waals surface area contributed by atoms with Crippen molar-refractivity contribution in [3.8, 4) is 0 Å². The highest BCUT2D eigenvalue weighted by Crippen LogP contribution is 2.29. The average molecular weight is 873 g/mol. The number of benzene rings is 3. The van der Waals surface area contributed by atoms with E-state index in [2.05, 4.69) is 53.5 Å². The van der Waals surface area contributed by atoms with E-state index in [4.69, 9.17) is 50.6 Å². The summed E-state index contributed by atoms with van der Waals surface area (Å²) in [5.74, 6) is -2.87. The second-order valence-electron chi connectivity index (χ2n) is 15.2. The number of carboxylic acids is 3. The van der Waals surface area contributed by atoms with Gasteiger partial charge >= 0.3 is 0 Å². The Morgan fingerprint density at radius 1 is 0.774 bits per heavy atom. The Labute approximate surface area is 366 Å². The summed E-state index contributed by atoms with van der Waals surface area (Å²) in [6.07, 6.45) is 4.20. The monoisotopic (exact) mass is 873 g/mol. The van der Waals surface area contributed by atoms with Crippen molar-refractivity contribution in [1.82, 2.24) is 10.2 Å². The number of ether oxygens (including phenoxy) is 2. The molecule has 1 fully saturated rings. The molecule has 1 heterocycles. The fourth-order valence-corrected chi connectivity index (χ4v) is 6.84. The summed E-state index contributed by atoms with van der Waals surface area (Å²) in [5, 5.41) is 61.0. The van der Waals surface area contributed by atoms with Gasteiger partial charge < -0.3 is 61.8 Å². The number of hydrogen-bond acceptors (Lipinski definition) is 12. The van der Waals surface area contributed by atoms with E-state index in [0.717, 1.165) is 90.7 Å². The van der Waals surface area contributed by atoms with Gasteiger partial charge in [-0.15, -0.1) is 0 Å². The third-order valence-corrected chi connectivity index (χ3v) is 9.75. The molecule has 1 amide bonds. The molecule has 0 bridgehead atoms. The molecule has 0 spiro atoms. The van der Waals surface area contributed by atoms with Gasteiger partial charge in [0.2, 0.25) is 5.91 Å². The summed E-state index contributed by atoms with van der Waals surface area (Å²) in [4.78, 5) is 41.6. The predicted octanol–water partition coefficient (Wildman–Crippen LogP) is 4.24. The van der Waals surface area contributed by atoms with Crippen molar-refractivity contribution in [1.29, 1.82) is 0 Å². The van der Waals surface area contributed by atoms with Crippen molar-refractivity contribution < 1.29 is 59.3 Å². The van der Waals surface area contributed by atoms with Crippen LogP contribution in [0.25, 0.3) is 10.8 Å². The molecular formula is C46H72N4O12. The number of primary amides is 1. The maximum atomic E-state index is 12.5. The number of carbonyl (C=O) groups is 4. The minimum Gasteiger partial charge on any atom is -0.481 e. The Hall–Kier alpha value is -4.52. The molecule has 3 aromatic carbocycles. The summed E-state index contributed by atoms with van der Waals surface area (Å²) in [6.45, 7) is 8.36. The maximum absolute atomic E-state index is 12.5. The molecule has 1 aliphatic rings. The van der Waals surface area contributed by atoms with Crippen molar-refractivity contribution in [3.05, 3.63) is 83.4 Å². The van der Waals surface area contributed by atoms with Crippen LogP contribution in [0.15, 0.2) is 66.7 Å². The molecule has 0 aliphatic carbocycles. The molecule has 16 nitrogen and oxygen atoms in total. The number of aryl methyl sites for hydroxylation is 2. The van der Waals surface area contributed by atoms with Crippen LogP contribution in [-0.4, -0.2) is 129 Å². The highest BCUT2D eigenvalue weighted by atomic mass is 16.7. The number of nitrogens with zero attached hydrogens (tertiary/aromatic N) is 1. The average Bonchev–Trinajstić information content (AvgIpc) is 3.22. The molecule has 1 unspecified atom stereocenters. The first-order valence-electron chi connectivity index (χ1n) is 21.4. The number of aliphatic carboxylic acids is 3. The van der Waals surface area contributed by atoms with Crippen LogP contribution >= 0.6 is 0 Å². The number of nitrogens with one attached hydrogen (secondary N) is 1. The van der Waals surface area contributed by atoms with E-state index in [0.29, 0.717) is 26.1 Å². The molecule has 6 atom stereocenters.